The smallest absolute Gasteiger partial charge is 0.338 e. The summed E-state index contributed by atoms with van der Waals surface area (Å²) in [4.78, 5) is 11.9. The summed E-state index contributed by atoms with van der Waals surface area (Å²) in [5, 5.41) is 16.5. The molecule has 4 rings (SSSR count). The summed E-state index contributed by atoms with van der Waals surface area (Å²) in [5.74, 6) is 0.497. The van der Waals surface area contributed by atoms with Crippen molar-refractivity contribution in [3.8, 4) is 5.69 Å². The Labute approximate surface area is 176 Å². The minimum Gasteiger partial charge on any atom is -0.462 e. The number of tetrazole rings is 1. The number of ether oxygens (including phenoxy) is 1. The van der Waals surface area contributed by atoms with Gasteiger partial charge in [0.05, 0.1) is 23.4 Å². The molecule has 156 valence electrons. The Morgan fingerprint density at radius 1 is 1.07 bits per heavy atom. The molecule has 1 aromatic heterocycles. The molecular weight excluding hydrogens is 378 g/mol. The summed E-state index contributed by atoms with van der Waals surface area (Å²) in [7, 11) is 0. The van der Waals surface area contributed by atoms with Crippen LogP contribution in [0.5, 0.6) is 0 Å². The fourth-order valence-corrected chi connectivity index (χ4v) is 4.11. The second-order valence-electron chi connectivity index (χ2n) is 7.66. The van der Waals surface area contributed by atoms with Gasteiger partial charge >= 0.3 is 5.97 Å². The van der Waals surface area contributed by atoms with Gasteiger partial charge in [-0.25, -0.2) is 4.79 Å². The fraction of sp³-hybridized carbons (Fsp3) is 0.391. The van der Waals surface area contributed by atoms with Crippen molar-refractivity contribution in [1.29, 1.82) is 0 Å². The number of nitrogens with one attached hydrogen (secondary N) is 1. The van der Waals surface area contributed by atoms with E-state index >= 15 is 0 Å². The molecule has 7 heteroatoms. The first-order valence-electron chi connectivity index (χ1n) is 10.6. The maximum absolute atomic E-state index is 11.9. The predicted octanol–water partition coefficient (Wildman–Crippen LogP) is 3.79. The highest BCUT2D eigenvalue weighted by Gasteiger charge is 2.38. The number of benzene rings is 2. The van der Waals surface area contributed by atoms with Gasteiger partial charge in [-0.1, -0.05) is 49.6 Å². The van der Waals surface area contributed by atoms with Crippen molar-refractivity contribution in [3.05, 3.63) is 71.5 Å². The highest BCUT2D eigenvalue weighted by atomic mass is 16.5. The summed E-state index contributed by atoms with van der Waals surface area (Å²) in [6.07, 6.45) is 5.47. The SMILES string of the molecule is CCOC(=O)c1ccc(-n2nnnc2C2(NCc3ccccc3)CCCCC2)cc1. The van der Waals surface area contributed by atoms with E-state index in [2.05, 4.69) is 45.1 Å². The molecule has 3 aromatic rings. The first kappa shape index (κ1) is 20.2. The number of hydrogen-bond donors (Lipinski definition) is 1. The summed E-state index contributed by atoms with van der Waals surface area (Å²) in [6.45, 7) is 2.91. The van der Waals surface area contributed by atoms with Crippen LogP contribution in [0.3, 0.4) is 0 Å². The van der Waals surface area contributed by atoms with Crippen LogP contribution in [0.2, 0.25) is 0 Å². The molecule has 1 saturated carbocycles. The average molecular weight is 406 g/mol. The standard InChI is InChI=1S/C23H27N5O2/c1-2-30-21(29)19-11-13-20(14-12-19)28-22(25-26-27-28)23(15-7-4-8-16-23)24-17-18-9-5-3-6-10-18/h3,5-6,9-14,24H,2,4,7-8,15-17H2,1H3. The molecule has 0 aliphatic heterocycles. The van der Waals surface area contributed by atoms with Crippen LogP contribution in [0, 0.1) is 0 Å². The number of hydrogen-bond acceptors (Lipinski definition) is 6. The molecule has 30 heavy (non-hydrogen) atoms. The number of carbonyl (C=O) groups is 1. The molecular formula is C23H27N5O2. The van der Waals surface area contributed by atoms with Crippen LogP contribution >= 0.6 is 0 Å². The Bertz CT molecular complexity index is 963. The Balaban J connectivity index is 1.62. The van der Waals surface area contributed by atoms with E-state index in [1.807, 2.05) is 18.2 Å². The molecule has 1 fully saturated rings. The van der Waals surface area contributed by atoms with E-state index in [9.17, 15) is 4.79 Å². The molecule has 0 atom stereocenters. The van der Waals surface area contributed by atoms with Crippen LogP contribution in [-0.2, 0) is 16.8 Å². The number of carbonyl (C=O) groups excluding carboxylic acids is 1. The zero-order valence-electron chi connectivity index (χ0n) is 17.3. The quantitative estimate of drug-likeness (QED) is 0.602. The maximum atomic E-state index is 11.9. The van der Waals surface area contributed by atoms with Gasteiger partial charge in [-0.15, -0.1) is 5.10 Å². The van der Waals surface area contributed by atoms with Crippen molar-refractivity contribution in [2.45, 2.75) is 51.1 Å². The Hall–Kier alpha value is -3.06. The number of nitrogens with zero attached hydrogens (tertiary/aromatic N) is 4. The molecule has 0 amide bonds. The summed E-state index contributed by atoms with van der Waals surface area (Å²) >= 11 is 0. The van der Waals surface area contributed by atoms with Gasteiger partial charge < -0.3 is 10.1 Å². The minimum atomic E-state index is -0.325. The number of aromatic nitrogens is 4. The van der Waals surface area contributed by atoms with Crippen molar-refractivity contribution in [1.82, 2.24) is 25.5 Å². The van der Waals surface area contributed by atoms with Crippen molar-refractivity contribution >= 4 is 5.97 Å². The van der Waals surface area contributed by atoms with Gasteiger partial charge in [0.1, 0.15) is 0 Å². The molecule has 0 unspecified atom stereocenters. The average Bonchev–Trinajstić information content (AvgIpc) is 3.30. The van der Waals surface area contributed by atoms with Gasteiger partial charge in [-0.3, -0.25) is 0 Å². The number of rotatable bonds is 7. The topological polar surface area (TPSA) is 81.9 Å². The molecule has 1 aliphatic carbocycles. The van der Waals surface area contributed by atoms with Crippen LogP contribution in [0.1, 0.15) is 60.8 Å². The molecule has 0 bridgehead atoms. The highest BCUT2D eigenvalue weighted by molar-refractivity contribution is 5.89. The molecule has 0 radical (unpaired) electrons. The zero-order chi connectivity index (χ0) is 20.8. The lowest BCUT2D eigenvalue weighted by atomic mass is 9.80. The zero-order valence-corrected chi connectivity index (χ0v) is 17.3. The molecule has 1 aliphatic rings. The van der Waals surface area contributed by atoms with Crippen LogP contribution in [0.15, 0.2) is 54.6 Å². The van der Waals surface area contributed by atoms with E-state index < -0.39 is 0 Å². The Morgan fingerprint density at radius 2 is 1.80 bits per heavy atom. The van der Waals surface area contributed by atoms with Crippen molar-refractivity contribution < 1.29 is 9.53 Å². The van der Waals surface area contributed by atoms with E-state index in [-0.39, 0.29) is 11.5 Å². The predicted molar refractivity (Wildman–Crippen MR) is 113 cm³/mol. The second-order valence-corrected chi connectivity index (χ2v) is 7.66. The third-order valence-corrected chi connectivity index (χ3v) is 5.70. The van der Waals surface area contributed by atoms with Gasteiger partial charge in [0.25, 0.3) is 0 Å². The van der Waals surface area contributed by atoms with E-state index in [0.29, 0.717) is 12.2 Å². The molecule has 0 saturated heterocycles. The van der Waals surface area contributed by atoms with Gasteiger partial charge in [-0.05, 0) is 60.0 Å². The third-order valence-electron chi connectivity index (χ3n) is 5.70. The van der Waals surface area contributed by atoms with E-state index in [1.54, 1.807) is 23.7 Å². The summed E-state index contributed by atoms with van der Waals surface area (Å²) in [5.41, 5.74) is 2.30. The first-order chi connectivity index (χ1) is 14.7. The normalized spacial score (nSPS) is 15.6. The van der Waals surface area contributed by atoms with Crippen LogP contribution in [0.4, 0.5) is 0 Å². The van der Waals surface area contributed by atoms with Crippen molar-refractivity contribution in [3.63, 3.8) is 0 Å². The van der Waals surface area contributed by atoms with E-state index in [1.165, 1.54) is 12.0 Å². The van der Waals surface area contributed by atoms with Gasteiger partial charge in [-0.2, -0.15) is 4.68 Å². The fourth-order valence-electron chi connectivity index (χ4n) is 4.11. The van der Waals surface area contributed by atoms with Crippen LogP contribution in [-0.4, -0.2) is 32.8 Å². The molecule has 1 N–H and O–H groups in total. The molecule has 1 heterocycles. The lowest BCUT2D eigenvalue weighted by molar-refractivity contribution is 0.0526. The Kier molecular flexibility index (Phi) is 6.18. The monoisotopic (exact) mass is 405 g/mol. The van der Waals surface area contributed by atoms with Crippen molar-refractivity contribution in [2.75, 3.05) is 6.61 Å². The first-order valence-corrected chi connectivity index (χ1v) is 10.6. The second kappa shape index (κ2) is 9.17. The highest BCUT2D eigenvalue weighted by Crippen LogP contribution is 2.37. The van der Waals surface area contributed by atoms with Gasteiger partial charge in [0.2, 0.25) is 0 Å². The Morgan fingerprint density at radius 3 is 2.50 bits per heavy atom. The lowest BCUT2D eigenvalue weighted by Gasteiger charge is -2.37. The minimum absolute atomic E-state index is 0.280. The summed E-state index contributed by atoms with van der Waals surface area (Å²) < 4.78 is 6.86. The molecule has 7 nitrogen and oxygen atoms in total. The van der Waals surface area contributed by atoms with Crippen molar-refractivity contribution in [2.24, 2.45) is 0 Å². The van der Waals surface area contributed by atoms with Gasteiger partial charge in [0.15, 0.2) is 5.82 Å². The van der Waals surface area contributed by atoms with E-state index in [4.69, 9.17) is 4.74 Å². The largest absolute Gasteiger partial charge is 0.462 e. The number of esters is 1. The third kappa shape index (κ3) is 4.26. The summed E-state index contributed by atoms with van der Waals surface area (Å²) in [6, 6.07) is 17.6. The maximum Gasteiger partial charge on any atom is 0.338 e. The van der Waals surface area contributed by atoms with Gasteiger partial charge in [0, 0.05) is 6.54 Å². The van der Waals surface area contributed by atoms with Crippen LogP contribution in [0.25, 0.3) is 5.69 Å². The lowest BCUT2D eigenvalue weighted by Crippen LogP contribution is -2.45. The molecule has 0 spiro atoms. The van der Waals surface area contributed by atoms with Crippen LogP contribution < -0.4 is 5.32 Å². The molecule has 2 aromatic carbocycles. The van der Waals surface area contributed by atoms with E-state index in [0.717, 1.165) is 43.7 Å².